The van der Waals surface area contributed by atoms with Crippen LogP contribution in [0.3, 0.4) is 0 Å². The van der Waals surface area contributed by atoms with Crippen molar-refractivity contribution >= 4 is 17.6 Å². The maximum Gasteiger partial charge on any atom is 0.274 e. The quantitative estimate of drug-likeness (QED) is 0.764. The van der Waals surface area contributed by atoms with Crippen LogP contribution in [0.1, 0.15) is 50.9 Å². The van der Waals surface area contributed by atoms with Gasteiger partial charge in [0.15, 0.2) is 11.4 Å². The molecule has 0 unspecified atom stereocenters. The van der Waals surface area contributed by atoms with Gasteiger partial charge in [-0.3, -0.25) is 19.2 Å². The van der Waals surface area contributed by atoms with Gasteiger partial charge in [0.2, 0.25) is 5.43 Å². The number of amides is 2. The van der Waals surface area contributed by atoms with E-state index in [1.807, 2.05) is 0 Å². The summed E-state index contributed by atoms with van der Waals surface area (Å²) in [5, 5.41) is 12.7. The Hall–Kier alpha value is -3.56. The molecule has 0 spiro atoms. The zero-order chi connectivity index (χ0) is 22.4. The number of nitrogens with one attached hydrogen (secondary N) is 1. The van der Waals surface area contributed by atoms with Crippen molar-refractivity contribution in [3.63, 3.8) is 0 Å². The Morgan fingerprint density at radius 2 is 1.90 bits per heavy atom. The van der Waals surface area contributed by atoms with E-state index >= 15 is 0 Å². The summed E-state index contributed by atoms with van der Waals surface area (Å²) in [5.41, 5.74) is -1.84. The number of aromatic nitrogens is 1. The topological polar surface area (TPSA) is 109 Å². The van der Waals surface area contributed by atoms with Crippen LogP contribution in [-0.4, -0.2) is 45.3 Å². The van der Waals surface area contributed by atoms with Gasteiger partial charge in [-0.1, -0.05) is 0 Å². The highest BCUT2D eigenvalue weighted by atomic mass is 19.1. The molecule has 0 saturated carbocycles. The monoisotopic (exact) mass is 431 g/mol. The predicted molar refractivity (Wildman–Crippen MR) is 104 cm³/mol. The van der Waals surface area contributed by atoms with Gasteiger partial charge in [-0.2, -0.15) is 0 Å². The molecule has 1 aromatic heterocycles. The molecule has 162 valence electrons. The molecular formula is C21H19F2N3O5. The molecule has 2 N–H and O–H groups in total. The summed E-state index contributed by atoms with van der Waals surface area (Å²) in [6.07, 6.45) is 1.37. The molecule has 10 heteroatoms. The van der Waals surface area contributed by atoms with Crippen LogP contribution in [0.4, 0.5) is 8.78 Å². The minimum atomic E-state index is -1.08. The van der Waals surface area contributed by atoms with Crippen molar-refractivity contribution in [1.29, 1.82) is 0 Å². The summed E-state index contributed by atoms with van der Waals surface area (Å²) in [7, 11) is 0. The Morgan fingerprint density at radius 3 is 2.58 bits per heavy atom. The maximum atomic E-state index is 14.0. The van der Waals surface area contributed by atoms with E-state index in [9.17, 15) is 33.1 Å². The molecule has 2 bridgehead atoms. The van der Waals surface area contributed by atoms with E-state index in [1.165, 1.54) is 16.4 Å². The van der Waals surface area contributed by atoms with Crippen LogP contribution < -0.4 is 10.7 Å². The zero-order valence-electron chi connectivity index (χ0n) is 16.6. The maximum absolute atomic E-state index is 14.0. The van der Waals surface area contributed by atoms with Crippen LogP contribution >= 0.6 is 0 Å². The molecule has 31 heavy (non-hydrogen) atoms. The number of aryl methyl sites for hydroxylation is 1. The molecule has 1 atom stereocenters. The first-order chi connectivity index (χ1) is 14.7. The number of benzene rings is 1. The van der Waals surface area contributed by atoms with Crippen LogP contribution in [0.5, 0.6) is 5.75 Å². The predicted octanol–water partition coefficient (Wildman–Crippen LogP) is 1.43. The highest BCUT2D eigenvalue weighted by Gasteiger charge is 2.38. The third-order valence-electron chi connectivity index (χ3n) is 5.60. The lowest BCUT2D eigenvalue weighted by atomic mass is 10.0. The Bertz CT molecular complexity index is 1170. The summed E-state index contributed by atoms with van der Waals surface area (Å²) in [6, 6.07) is 1.70. The number of rotatable bonds is 3. The van der Waals surface area contributed by atoms with Crippen LogP contribution in [0, 0.1) is 18.6 Å². The Balaban J connectivity index is 1.68. The molecule has 2 aromatic rings. The molecule has 2 aliphatic rings. The number of nitrogens with zero attached hydrogens (tertiary/aromatic N) is 2. The molecule has 2 amide bonds. The van der Waals surface area contributed by atoms with E-state index in [0.717, 1.165) is 18.3 Å². The zero-order valence-corrected chi connectivity index (χ0v) is 16.6. The van der Waals surface area contributed by atoms with Gasteiger partial charge in [0.05, 0.1) is 6.04 Å². The summed E-state index contributed by atoms with van der Waals surface area (Å²) in [5.74, 6) is -4.23. The SMILES string of the molecule is Cc1cc(F)c(CNC(=O)c2cn3c(c(O)c2=O)C(=O)N2CCC(=O)C[C@H]3C2)c(F)c1. The third-order valence-corrected chi connectivity index (χ3v) is 5.60. The Labute approximate surface area is 175 Å². The van der Waals surface area contributed by atoms with Gasteiger partial charge >= 0.3 is 0 Å². The highest BCUT2D eigenvalue weighted by molar-refractivity contribution is 5.99. The number of carbonyl (C=O) groups excluding carboxylic acids is 3. The number of halogens is 2. The van der Waals surface area contributed by atoms with Gasteiger partial charge in [-0.15, -0.1) is 0 Å². The molecule has 0 aliphatic carbocycles. The summed E-state index contributed by atoms with van der Waals surface area (Å²) in [4.78, 5) is 51.3. The second-order valence-electron chi connectivity index (χ2n) is 7.76. The molecule has 0 radical (unpaired) electrons. The average molecular weight is 431 g/mol. The highest BCUT2D eigenvalue weighted by Crippen LogP contribution is 2.30. The number of hydrogen-bond acceptors (Lipinski definition) is 5. The minimum Gasteiger partial charge on any atom is -0.503 e. The van der Waals surface area contributed by atoms with Gasteiger partial charge in [-0.05, 0) is 24.6 Å². The van der Waals surface area contributed by atoms with E-state index in [4.69, 9.17) is 0 Å². The summed E-state index contributed by atoms with van der Waals surface area (Å²) < 4.78 is 29.3. The molecular weight excluding hydrogens is 412 g/mol. The Kier molecular flexibility index (Phi) is 5.08. The average Bonchev–Trinajstić information content (AvgIpc) is 2.87. The first-order valence-corrected chi connectivity index (χ1v) is 9.69. The van der Waals surface area contributed by atoms with Gasteiger partial charge in [0.1, 0.15) is 23.0 Å². The fourth-order valence-corrected chi connectivity index (χ4v) is 4.00. The van der Waals surface area contributed by atoms with Gasteiger partial charge in [0, 0.05) is 44.2 Å². The number of pyridine rings is 1. The molecule has 1 saturated heterocycles. The second kappa shape index (κ2) is 7.60. The summed E-state index contributed by atoms with van der Waals surface area (Å²) >= 11 is 0. The van der Waals surface area contributed by atoms with Crippen molar-refractivity contribution in [3.8, 4) is 5.75 Å². The van der Waals surface area contributed by atoms with Gasteiger partial charge in [0.25, 0.3) is 11.8 Å². The van der Waals surface area contributed by atoms with Crippen LogP contribution in [0.2, 0.25) is 0 Å². The molecule has 4 rings (SSSR count). The number of fused-ring (bicyclic) bond motifs is 4. The van der Waals surface area contributed by atoms with Crippen molar-refractivity contribution in [2.24, 2.45) is 0 Å². The lowest BCUT2D eigenvalue weighted by Gasteiger charge is -2.34. The lowest BCUT2D eigenvalue weighted by Crippen LogP contribution is -2.44. The van der Waals surface area contributed by atoms with Gasteiger partial charge in [-0.25, -0.2) is 8.78 Å². The van der Waals surface area contributed by atoms with E-state index in [-0.39, 0.29) is 43.0 Å². The molecule has 1 aromatic carbocycles. The number of Topliss-reactive ketones (excluding diaryl/α,β-unsaturated/α-hetero) is 1. The van der Waals surface area contributed by atoms with Crippen molar-refractivity contribution < 1.29 is 28.3 Å². The molecule has 8 nitrogen and oxygen atoms in total. The Morgan fingerprint density at radius 1 is 1.23 bits per heavy atom. The van der Waals surface area contributed by atoms with Crippen molar-refractivity contribution in [2.45, 2.75) is 32.4 Å². The van der Waals surface area contributed by atoms with E-state index in [2.05, 4.69) is 5.32 Å². The number of aromatic hydroxyl groups is 1. The standard InChI is InChI=1S/C21H19F2N3O5/c1-10-4-15(22)13(16(23)5-10)7-24-20(30)14-9-26-11-6-12(27)2-3-25(8-11)21(31)17(26)19(29)18(14)28/h4-5,9,11,29H,2-3,6-8H2,1H3,(H,24,30)/t11-/m0/s1. The molecule has 2 aliphatic heterocycles. The lowest BCUT2D eigenvalue weighted by molar-refractivity contribution is -0.119. The second-order valence-corrected chi connectivity index (χ2v) is 7.76. The van der Waals surface area contributed by atoms with Crippen LogP contribution in [0.25, 0.3) is 0 Å². The van der Waals surface area contributed by atoms with Gasteiger partial charge < -0.3 is 19.9 Å². The van der Waals surface area contributed by atoms with E-state index < -0.39 is 52.8 Å². The fraction of sp³-hybridized carbons (Fsp3) is 0.333. The number of ketones is 1. The van der Waals surface area contributed by atoms with Crippen LogP contribution in [0.15, 0.2) is 23.1 Å². The molecule has 3 heterocycles. The van der Waals surface area contributed by atoms with E-state index in [1.54, 1.807) is 0 Å². The third kappa shape index (κ3) is 3.58. The van der Waals surface area contributed by atoms with Crippen molar-refractivity contribution in [2.75, 3.05) is 13.1 Å². The van der Waals surface area contributed by atoms with Crippen LogP contribution in [-0.2, 0) is 11.3 Å². The fourth-order valence-electron chi connectivity index (χ4n) is 4.00. The smallest absolute Gasteiger partial charge is 0.274 e. The number of hydrogen-bond donors (Lipinski definition) is 2. The minimum absolute atomic E-state index is 0.0809. The molecule has 1 fully saturated rings. The largest absolute Gasteiger partial charge is 0.503 e. The number of carbonyl (C=O) groups is 3. The van der Waals surface area contributed by atoms with E-state index in [0.29, 0.717) is 5.56 Å². The van der Waals surface area contributed by atoms with Crippen molar-refractivity contribution in [3.05, 3.63) is 62.6 Å². The first-order valence-electron chi connectivity index (χ1n) is 9.69. The summed E-state index contributed by atoms with van der Waals surface area (Å²) in [6.45, 7) is 1.40. The van der Waals surface area contributed by atoms with Crippen molar-refractivity contribution in [1.82, 2.24) is 14.8 Å². The first kappa shape index (κ1) is 20.7. The normalized spacial score (nSPS) is 17.9.